The predicted molar refractivity (Wildman–Crippen MR) is 28.7 cm³/mol. The van der Waals surface area contributed by atoms with Gasteiger partial charge in [-0.2, -0.15) is 5.06 Å². The molecule has 2 fully saturated rings. The summed E-state index contributed by atoms with van der Waals surface area (Å²) in [6.07, 6.45) is 3.61. The topological polar surface area (TPSA) is 12.5 Å². The van der Waals surface area contributed by atoms with E-state index >= 15 is 0 Å². The maximum atomic E-state index is 5.06. The summed E-state index contributed by atoms with van der Waals surface area (Å²) in [5.41, 5.74) is 0. The lowest BCUT2D eigenvalue weighted by atomic mass is 10.2. The van der Waals surface area contributed by atoms with Gasteiger partial charge in [0, 0.05) is 19.0 Å². The van der Waals surface area contributed by atoms with E-state index in [1.54, 1.807) is 0 Å². The van der Waals surface area contributed by atoms with Crippen LogP contribution < -0.4 is 0 Å². The van der Waals surface area contributed by atoms with Crippen molar-refractivity contribution in [2.24, 2.45) is 0 Å². The molecule has 0 spiro atoms. The highest BCUT2D eigenvalue weighted by Gasteiger charge is 2.30. The summed E-state index contributed by atoms with van der Waals surface area (Å²) < 4.78 is 0. The van der Waals surface area contributed by atoms with Crippen LogP contribution in [0.15, 0.2) is 0 Å². The average molecular weight is 111 g/mol. The van der Waals surface area contributed by atoms with Crippen LogP contribution in [0.4, 0.5) is 0 Å². The first-order chi connectivity index (χ1) is 3.97. The smallest absolute Gasteiger partial charge is 0.159 e. The molecule has 2 nitrogen and oxygen atoms in total. The van der Waals surface area contributed by atoms with Crippen molar-refractivity contribution >= 4 is 0 Å². The van der Waals surface area contributed by atoms with E-state index in [1.807, 2.05) is 5.06 Å². The van der Waals surface area contributed by atoms with E-state index in [4.69, 9.17) is 4.84 Å². The Morgan fingerprint density at radius 1 is 1.62 bits per heavy atom. The SMILES string of the molecule is [C]1CC2CCCN2O1. The minimum Gasteiger partial charge on any atom is -0.286 e. The van der Waals surface area contributed by atoms with Gasteiger partial charge in [-0.1, -0.05) is 0 Å². The Bertz CT molecular complexity index is 74.5. The van der Waals surface area contributed by atoms with Crippen LogP contribution in [-0.4, -0.2) is 17.6 Å². The van der Waals surface area contributed by atoms with E-state index in [2.05, 4.69) is 6.61 Å². The quantitative estimate of drug-likeness (QED) is 0.459. The maximum Gasteiger partial charge on any atom is 0.159 e. The second-order valence-corrected chi connectivity index (χ2v) is 2.38. The van der Waals surface area contributed by atoms with Crippen molar-refractivity contribution in [3.05, 3.63) is 6.61 Å². The molecule has 0 saturated carbocycles. The molecule has 2 rings (SSSR count). The van der Waals surface area contributed by atoms with E-state index in [0.29, 0.717) is 6.04 Å². The molecule has 2 aliphatic heterocycles. The molecule has 2 aliphatic rings. The number of rotatable bonds is 0. The zero-order chi connectivity index (χ0) is 5.40. The third kappa shape index (κ3) is 0.565. The largest absolute Gasteiger partial charge is 0.286 e. The fourth-order valence-electron chi connectivity index (χ4n) is 1.35. The molecule has 0 aromatic rings. The van der Waals surface area contributed by atoms with Crippen molar-refractivity contribution in [2.75, 3.05) is 6.54 Å². The third-order valence-electron chi connectivity index (χ3n) is 1.82. The molecule has 0 N–H and O–H groups in total. The van der Waals surface area contributed by atoms with Crippen molar-refractivity contribution < 1.29 is 4.84 Å². The fourth-order valence-corrected chi connectivity index (χ4v) is 1.35. The number of fused-ring (bicyclic) bond motifs is 1. The first-order valence-corrected chi connectivity index (χ1v) is 3.13. The van der Waals surface area contributed by atoms with Crippen molar-refractivity contribution in [1.82, 2.24) is 5.06 Å². The molecular formula is C6H9NO. The summed E-state index contributed by atoms with van der Waals surface area (Å²) in [4.78, 5) is 5.06. The van der Waals surface area contributed by atoms with Gasteiger partial charge in [-0.05, 0) is 12.8 Å². The Hall–Kier alpha value is -0.0800. The highest BCUT2D eigenvalue weighted by molar-refractivity contribution is 4.81. The average Bonchev–Trinajstić information content (AvgIpc) is 2.15. The van der Waals surface area contributed by atoms with Crippen LogP contribution >= 0.6 is 0 Å². The van der Waals surface area contributed by atoms with Gasteiger partial charge >= 0.3 is 0 Å². The zero-order valence-electron chi connectivity index (χ0n) is 4.76. The Labute approximate surface area is 49.4 Å². The Morgan fingerprint density at radius 2 is 2.62 bits per heavy atom. The highest BCUT2D eigenvalue weighted by atomic mass is 16.7. The predicted octanol–water partition coefficient (Wildman–Crippen LogP) is 0.825. The molecule has 2 heterocycles. The molecule has 0 bridgehead atoms. The van der Waals surface area contributed by atoms with Gasteiger partial charge in [-0.3, -0.25) is 4.84 Å². The highest BCUT2D eigenvalue weighted by Crippen LogP contribution is 2.27. The van der Waals surface area contributed by atoms with Crippen molar-refractivity contribution in [2.45, 2.75) is 25.3 Å². The van der Waals surface area contributed by atoms with Crippen molar-refractivity contribution in [3.8, 4) is 0 Å². The number of nitrogens with zero attached hydrogens (tertiary/aromatic N) is 1. The second-order valence-electron chi connectivity index (χ2n) is 2.38. The van der Waals surface area contributed by atoms with Crippen LogP contribution in [0, 0.1) is 6.61 Å². The molecule has 0 aromatic heterocycles. The number of hydrogen-bond acceptors (Lipinski definition) is 2. The van der Waals surface area contributed by atoms with Crippen LogP contribution in [0.5, 0.6) is 0 Å². The Kier molecular flexibility index (Phi) is 1.02. The van der Waals surface area contributed by atoms with Gasteiger partial charge in [0.15, 0.2) is 6.61 Å². The molecule has 8 heavy (non-hydrogen) atoms. The van der Waals surface area contributed by atoms with Crippen LogP contribution in [0.2, 0.25) is 0 Å². The minimum atomic E-state index is 0.676. The summed E-state index contributed by atoms with van der Waals surface area (Å²) in [5.74, 6) is 0. The van der Waals surface area contributed by atoms with E-state index in [-0.39, 0.29) is 0 Å². The Balaban J connectivity index is 2.04. The lowest BCUT2D eigenvalue weighted by Gasteiger charge is -2.09. The van der Waals surface area contributed by atoms with Crippen LogP contribution in [0.3, 0.4) is 0 Å². The van der Waals surface area contributed by atoms with Crippen molar-refractivity contribution in [3.63, 3.8) is 0 Å². The van der Waals surface area contributed by atoms with E-state index < -0.39 is 0 Å². The lowest BCUT2D eigenvalue weighted by molar-refractivity contribution is -0.0887. The summed E-state index contributed by atoms with van der Waals surface area (Å²) in [7, 11) is 0. The lowest BCUT2D eigenvalue weighted by Crippen LogP contribution is -2.19. The van der Waals surface area contributed by atoms with Gasteiger partial charge in [-0.25, -0.2) is 0 Å². The first-order valence-electron chi connectivity index (χ1n) is 3.13. The molecule has 0 aromatic carbocycles. The van der Waals surface area contributed by atoms with E-state index in [1.165, 1.54) is 12.8 Å². The zero-order valence-corrected chi connectivity index (χ0v) is 4.76. The number of hydroxylamine groups is 2. The molecule has 0 aliphatic carbocycles. The molecule has 2 heteroatoms. The molecule has 2 saturated heterocycles. The molecular weight excluding hydrogens is 102 g/mol. The van der Waals surface area contributed by atoms with Gasteiger partial charge in [0.2, 0.25) is 0 Å². The second kappa shape index (κ2) is 1.71. The summed E-state index contributed by atoms with van der Waals surface area (Å²) in [6.45, 7) is 3.96. The van der Waals surface area contributed by atoms with Gasteiger partial charge in [0.05, 0.1) is 0 Å². The fraction of sp³-hybridized carbons (Fsp3) is 0.833. The van der Waals surface area contributed by atoms with Gasteiger partial charge in [0.25, 0.3) is 0 Å². The monoisotopic (exact) mass is 111 g/mol. The van der Waals surface area contributed by atoms with Gasteiger partial charge in [-0.15, -0.1) is 0 Å². The van der Waals surface area contributed by atoms with Crippen LogP contribution in [0.25, 0.3) is 0 Å². The molecule has 2 radical (unpaired) electrons. The van der Waals surface area contributed by atoms with Gasteiger partial charge in [0.1, 0.15) is 0 Å². The molecule has 1 atom stereocenters. The summed E-state index contributed by atoms with van der Waals surface area (Å²) in [6, 6.07) is 0.676. The number of hydrogen-bond donors (Lipinski definition) is 0. The van der Waals surface area contributed by atoms with E-state index in [0.717, 1.165) is 13.0 Å². The first kappa shape index (κ1) is 4.77. The standard InChI is InChI=1S/C6H9NO/c1-2-6-3-5-8-7(6)4-1/h6H,1-4H2. The minimum absolute atomic E-state index is 0.676. The summed E-state index contributed by atoms with van der Waals surface area (Å²) in [5, 5.41) is 2.03. The molecule has 0 amide bonds. The van der Waals surface area contributed by atoms with Crippen LogP contribution in [-0.2, 0) is 4.84 Å². The normalized spacial score (nSPS) is 38.2. The van der Waals surface area contributed by atoms with Crippen molar-refractivity contribution in [1.29, 1.82) is 0 Å². The van der Waals surface area contributed by atoms with E-state index in [9.17, 15) is 0 Å². The van der Waals surface area contributed by atoms with Crippen LogP contribution in [0.1, 0.15) is 19.3 Å². The maximum absolute atomic E-state index is 5.06. The summed E-state index contributed by atoms with van der Waals surface area (Å²) >= 11 is 0. The van der Waals surface area contributed by atoms with Gasteiger partial charge < -0.3 is 0 Å². The third-order valence-corrected chi connectivity index (χ3v) is 1.82. The molecule has 44 valence electrons. The Morgan fingerprint density at radius 3 is 3.50 bits per heavy atom. The molecule has 1 unspecified atom stereocenters.